The van der Waals surface area contributed by atoms with Gasteiger partial charge in [0, 0.05) is 19.1 Å². The Morgan fingerprint density at radius 3 is 2.48 bits per heavy atom. The molecule has 2 aromatic rings. The van der Waals surface area contributed by atoms with Crippen molar-refractivity contribution in [3.63, 3.8) is 0 Å². The highest BCUT2D eigenvalue weighted by Crippen LogP contribution is 2.26. The molecule has 0 bridgehead atoms. The number of aliphatic hydroxyl groups is 1. The standard InChI is InChI=1S/C21H26FNO5S/c1-27-20-4-2-3-5-21(20)28-14-19(24)13-23(18-10-11-29(25,26)15-18)12-16-6-8-17(22)9-7-16/h2-9,18-19,24H,10-15H2,1H3/t18-,19-/m1/s1. The smallest absolute Gasteiger partial charge is 0.161 e. The molecule has 6 nitrogen and oxygen atoms in total. The highest BCUT2D eigenvalue weighted by Gasteiger charge is 2.33. The van der Waals surface area contributed by atoms with Crippen molar-refractivity contribution >= 4 is 9.84 Å². The van der Waals surface area contributed by atoms with Gasteiger partial charge in [-0.1, -0.05) is 24.3 Å². The van der Waals surface area contributed by atoms with E-state index in [1.54, 1.807) is 31.4 Å². The predicted molar refractivity (Wildman–Crippen MR) is 108 cm³/mol. The van der Waals surface area contributed by atoms with Crippen LogP contribution < -0.4 is 9.47 Å². The maximum absolute atomic E-state index is 13.2. The first kappa shape index (κ1) is 21.5. The third kappa shape index (κ3) is 6.16. The van der Waals surface area contributed by atoms with Crippen molar-refractivity contribution in [1.82, 2.24) is 4.90 Å². The molecule has 0 unspecified atom stereocenters. The number of sulfone groups is 1. The van der Waals surface area contributed by atoms with Gasteiger partial charge in [-0.25, -0.2) is 12.8 Å². The van der Waals surface area contributed by atoms with Gasteiger partial charge in [-0.3, -0.25) is 4.90 Å². The van der Waals surface area contributed by atoms with Crippen molar-refractivity contribution in [1.29, 1.82) is 0 Å². The lowest BCUT2D eigenvalue weighted by atomic mass is 10.1. The minimum absolute atomic E-state index is 0.0414. The van der Waals surface area contributed by atoms with Crippen LogP contribution in [0.2, 0.25) is 0 Å². The van der Waals surface area contributed by atoms with E-state index in [0.29, 0.717) is 24.5 Å². The molecular formula is C21H26FNO5S. The molecule has 3 rings (SSSR count). The first-order valence-electron chi connectivity index (χ1n) is 9.49. The largest absolute Gasteiger partial charge is 0.493 e. The Bertz CT molecular complexity index is 904. The summed E-state index contributed by atoms with van der Waals surface area (Å²) in [4.78, 5) is 1.94. The average Bonchev–Trinajstić information content (AvgIpc) is 3.07. The molecule has 0 spiro atoms. The van der Waals surface area contributed by atoms with Gasteiger partial charge in [0.05, 0.1) is 18.6 Å². The van der Waals surface area contributed by atoms with Crippen LogP contribution in [-0.4, -0.2) is 62.3 Å². The first-order valence-corrected chi connectivity index (χ1v) is 11.3. The van der Waals surface area contributed by atoms with E-state index in [4.69, 9.17) is 9.47 Å². The van der Waals surface area contributed by atoms with Crippen LogP contribution in [0.4, 0.5) is 4.39 Å². The van der Waals surface area contributed by atoms with Crippen LogP contribution in [0.1, 0.15) is 12.0 Å². The molecule has 158 valence electrons. The average molecular weight is 424 g/mol. The maximum atomic E-state index is 13.2. The molecule has 1 heterocycles. The Morgan fingerprint density at radius 1 is 1.17 bits per heavy atom. The summed E-state index contributed by atoms with van der Waals surface area (Å²) in [7, 11) is -1.53. The lowest BCUT2D eigenvalue weighted by Gasteiger charge is -2.30. The van der Waals surface area contributed by atoms with Gasteiger partial charge in [-0.15, -0.1) is 0 Å². The van der Waals surface area contributed by atoms with Crippen molar-refractivity contribution in [3.05, 3.63) is 59.9 Å². The number of benzene rings is 2. The number of methoxy groups -OCH3 is 1. The van der Waals surface area contributed by atoms with Crippen molar-refractivity contribution in [2.45, 2.75) is 25.1 Å². The topological polar surface area (TPSA) is 76.1 Å². The predicted octanol–water partition coefficient (Wildman–Crippen LogP) is 2.26. The molecular weight excluding hydrogens is 397 g/mol. The fraction of sp³-hybridized carbons (Fsp3) is 0.429. The second-order valence-electron chi connectivity index (χ2n) is 7.23. The molecule has 0 radical (unpaired) electrons. The Morgan fingerprint density at radius 2 is 1.86 bits per heavy atom. The number of halogens is 1. The van der Waals surface area contributed by atoms with Crippen LogP contribution in [0, 0.1) is 5.82 Å². The molecule has 0 amide bonds. The van der Waals surface area contributed by atoms with Gasteiger partial charge < -0.3 is 14.6 Å². The van der Waals surface area contributed by atoms with Crippen molar-refractivity contribution in [2.24, 2.45) is 0 Å². The number of nitrogens with zero attached hydrogens (tertiary/aromatic N) is 1. The highest BCUT2D eigenvalue weighted by atomic mass is 32.2. The molecule has 2 aromatic carbocycles. The minimum Gasteiger partial charge on any atom is -0.493 e. The fourth-order valence-electron chi connectivity index (χ4n) is 3.48. The summed E-state index contributed by atoms with van der Waals surface area (Å²) in [5.41, 5.74) is 0.855. The molecule has 29 heavy (non-hydrogen) atoms. The first-order chi connectivity index (χ1) is 13.9. The van der Waals surface area contributed by atoms with Crippen molar-refractivity contribution in [3.8, 4) is 11.5 Å². The van der Waals surface area contributed by atoms with Gasteiger partial charge in [0.1, 0.15) is 18.5 Å². The van der Waals surface area contributed by atoms with Crippen LogP contribution in [0.25, 0.3) is 0 Å². The molecule has 1 aliphatic rings. The normalized spacial score (nSPS) is 19.2. The molecule has 1 N–H and O–H groups in total. The van der Waals surface area contributed by atoms with E-state index in [0.717, 1.165) is 5.56 Å². The minimum atomic E-state index is -3.07. The lowest BCUT2D eigenvalue weighted by Crippen LogP contribution is -2.42. The van der Waals surface area contributed by atoms with E-state index < -0.39 is 15.9 Å². The molecule has 1 saturated heterocycles. The van der Waals surface area contributed by atoms with E-state index >= 15 is 0 Å². The summed E-state index contributed by atoms with van der Waals surface area (Å²) in [5.74, 6) is 0.987. The maximum Gasteiger partial charge on any atom is 0.161 e. The zero-order valence-electron chi connectivity index (χ0n) is 16.3. The van der Waals surface area contributed by atoms with Crippen molar-refractivity contribution in [2.75, 3.05) is 31.8 Å². The second kappa shape index (κ2) is 9.56. The van der Waals surface area contributed by atoms with E-state index in [1.807, 2.05) is 17.0 Å². The lowest BCUT2D eigenvalue weighted by molar-refractivity contribution is 0.0517. The molecule has 2 atom stereocenters. The van der Waals surface area contributed by atoms with Gasteiger partial charge in [0.25, 0.3) is 0 Å². The summed E-state index contributed by atoms with van der Waals surface area (Å²) in [6.07, 6.45) is -0.312. The highest BCUT2D eigenvalue weighted by molar-refractivity contribution is 7.91. The fourth-order valence-corrected chi connectivity index (χ4v) is 5.24. The summed E-state index contributed by atoms with van der Waals surface area (Å²) >= 11 is 0. The third-order valence-electron chi connectivity index (χ3n) is 4.97. The molecule has 0 saturated carbocycles. The van der Waals surface area contributed by atoms with Gasteiger partial charge in [0.2, 0.25) is 0 Å². The Hall–Kier alpha value is -2.16. The van der Waals surface area contributed by atoms with Gasteiger partial charge in [0.15, 0.2) is 21.3 Å². The van der Waals surface area contributed by atoms with Crippen molar-refractivity contribution < 1.29 is 27.4 Å². The van der Waals surface area contributed by atoms with Gasteiger partial charge in [-0.2, -0.15) is 0 Å². The zero-order valence-corrected chi connectivity index (χ0v) is 17.1. The summed E-state index contributed by atoms with van der Waals surface area (Å²) in [6, 6.07) is 13.1. The number of rotatable bonds is 9. The van der Waals surface area contributed by atoms with E-state index in [2.05, 4.69) is 0 Å². The van der Waals surface area contributed by atoms with Crippen LogP contribution in [0.3, 0.4) is 0 Å². The zero-order chi connectivity index (χ0) is 20.9. The number of hydrogen-bond donors (Lipinski definition) is 1. The molecule has 0 aliphatic carbocycles. The number of hydrogen-bond acceptors (Lipinski definition) is 6. The van der Waals surface area contributed by atoms with Crippen LogP contribution in [-0.2, 0) is 16.4 Å². The summed E-state index contributed by atoms with van der Waals surface area (Å²) < 4.78 is 48.0. The number of ether oxygens (including phenoxy) is 2. The van der Waals surface area contributed by atoms with Crippen LogP contribution in [0.5, 0.6) is 11.5 Å². The molecule has 1 fully saturated rings. The number of aliphatic hydroxyl groups excluding tert-OH is 1. The summed E-state index contributed by atoms with van der Waals surface area (Å²) in [5, 5.41) is 10.5. The van der Waals surface area contributed by atoms with Crippen LogP contribution in [0.15, 0.2) is 48.5 Å². The summed E-state index contributed by atoms with van der Waals surface area (Å²) in [6.45, 7) is 0.707. The monoisotopic (exact) mass is 423 g/mol. The Labute approximate surface area is 170 Å². The van der Waals surface area contributed by atoms with Gasteiger partial charge >= 0.3 is 0 Å². The number of para-hydroxylation sites is 2. The molecule has 8 heteroatoms. The van der Waals surface area contributed by atoms with Gasteiger partial charge in [-0.05, 0) is 36.2 Å². The molecule has 0 aromatic heterocycles. The van der Waals surface area contributed by atoms with E-state index in [9.17, 15) is 17.9 Å². The third-order valence-corrected chi connectivity index (χ3v) is 6.72. The van der Waals surface area contributed by atoms with E-state index in [1.165, 1.54) is 12.1 Å². The molecule has 1 aliphatic heterocycles. The quantitative estimate of drug-likeness (QED) is 0.667. The second-order valence-corrected chi connectivity index (χ2v) is 9.46. The Balaban J connectivity index is 1.66. The van der Waals surface area contributed by atoms with Crippen LogP contribution >= 0.6 is 0 Å². The SMILES string of the molecule is COc1ccccc1OC[C@H](O)CN(Cc1ccc(F)cc1)[C@@H]1CCS(=O)(=O)C1. The Kier molecular flexibility index (Phi) is 7.10. The van der Waals surface area contributed by atoms with E-state index in [-0.39, 0.29) is 36.5 Å².